The number of nitrogens with zero attached hydrogens (tertiary/aromatic N) is 2. The van der Waals surface area contributed by atoms with Gasteiger partial charge in [0.05, 0.1) is 11.4 Å². The van der Waals surface area contributed by atoms with Crippen LogP contribution in [0.5, 0.6) is 0 Å². The molecule has 0 amide bonds. The third-order valence-electron chi connectivity index (χ3n) is 2.82. The second kappa shape index (κ2) is 4.35. The third kappa shape index (κ3) is 1.91. The van der Waals surface area contributed by atoms with Gasteiger partial charge in [0.25, 0.3) is 0 Å². The van der Waals surface area contributed by atoms with Crippen LogP contribution in [0.1, 0.15) is 11.3 Å². The largest absolute Gasteiger partial charge is 0.343 e. The van der Waals surface area contributed by atoms with Gasteiger partial charge in [-0.05, 0) is 37.6 Å². The summed E-state index contributed by atoms with van der Waals surface area (Å²) in [5.74, 6) is 0. The molecular formula is C14H16N2. The molecule has 2 rings (SSSR count). The highest BCUT2D eigenvalue weighted by Crippen LogP contribution is 2.27. The first-order chi connectivity index (χ1) is 7.70. The van der Waals surface area contributed by atoms with E-state index >= 15 is 0 Å². The maximum atomic E-state index is 4.31. The van der Waals surface area contributed by atoms with E-state index in [9.17, 15) is 0 Å². The SMILES string of the molecule is Cc1ccccc1N(C)c1cccnc1C. The summed E-state index contributed by atoms with van der Waals surface area (Å²) in [5, 5.41) is 0. The highest BCUT2D eigenvalue weighted by molar-refractivity contribution is 5.66. The molecular weight excluding hydrogens is 196 g/mol. The van der Waals surface area contributed by atoms with Gasteiger partial charge in [-0.2, -0.15) is 0 Å². The lowest BCUT2D eigenvalue weighted by atomic mass is 10.1. The maximum absolute atomic E-state index is 4.31. The molecule has 1 aromatic carbocycles. The van der Waals surface area contributed by atoms with E-state index in [1.54, 1.807) is 0 Å². The summed E-state index contributed by atoms with van der Waals surface area (Å²) in [5.41, 5.74) is 4.69. The molecule has 82 valence electrons. The zero-order valence-electron chi connectivity index (χ0n) is 9.94. The average molecular weight is 212 g/mol. The Labute approximate surface area is 96.6 Å². The van der Waals surface area contributed by atoms with E-state index < -0.39 is 0 Å². The van der Waals surface area contributed by atoms with Crippen molar-refractivity contribution < 1.29 is 0 Å². The van der Waals surface area contributed by atoms with E-state index in [1.165, 1.54) is 11.3 Å². The third-order valence-corrected chi connectivity index (χ3v) is 2.82. The van der Waals surface area contributed by atoms with Crippen molar-refractivity contribution in [2.45, 2.75) is 13.8 Å². The molecule has 2 heteroatoms. The number of aromatic nitrogens is 1. The molecule has 0 radical (unpaired) electrons. The van der Waals surface area contributed by atoms with Crippen molar-refractivity contribution in [2.75, 3.05) is 11.9 Å². The van der Waals surface area contributed by atoms with Crippen LogP contribution in [0.4, 0.5) is 11.4 Å². The Balaban J connectivity index is 2.44. The Hall–Kier alpha value is -1.83. The number of anilines is 2. The first kappa shape index (κ1) is 10.7. The molecule has 0 bridgehead atoms. The second-order valence-electron chi connectivity index (χ2n) is 3.95. The van der Waals surface area contributed by atoms with Crippen LogP contribution >= 0.6 is 0 Å². The van der Waals surface area contributed by atoms with Crippen molar-refractivity contribution >= 4 is 11.4 Å². The monoisotopic (exact) mass is 212 g/mol. The smallest absolute Gasteiger partial charge is 0.0624 e. The Morgan fingerprint density at radius 2 is 1.62 bits per heavy atom. The Kier molecular flexibility index (Phi) is 2.91. The van der Waals surface area contributed by atoms with Gasteiger partial charge in [0.15, 0.2) is 0 Å². The molecule has 0 spiro atoms. The van der Waals surface area contributed by atoms with Crippen molar-refractivity contribution in [3.63, 3.8) is 0 Å². The zero-order chi connectivity index (χ0) is 11.5. The van der Waals surface area contributed by atoms with Gasteiger partial charge in [0.1, 0.15) is 0 Å². The van der Waals surface area contributed by atoms with Crippen LogP contribution in [-0.4, -0.2) is 12.0 Å². The Bertz CT molecular complexity index is 446. The second-order valence-corrected chi connectivity index (χ2v) is 3.95. The van der Waals surface area contributed by atoms with Gasteiger partial charge in [-0.1, -0.05) is 18.2 Å². The molecule has 0 N–H and O–H groups in total. The lowest BCUT2D eigenvalue weighted by molar-refractivity contribution is 1.11. The fraction of sp³-hybridized carbons (Fsp3) is 0.214. The minimum Gasteiger partial charge on any atom is -0.343 e. The fourth-order valence-corrected chi connectivity index (χ4v) is 1.90. The van der Waals surface area contributed by atoms with Crippen molar-refractivity contribution in [2.24, 2.45) is 0 Å². The van der Waals surface area contributed by atoms with Crippen LogP contribution in [0, 0.1) is 13.8 Å². The molecule has 0 atom stereocenters. The maximum Gasteiger partial charge on any atom is 0.0624 e. The fourth-order valence-electron chi connectivity index (χ4n) is 1.90. The summed E-state index contributed by atoms with van der Waals surface area (Å²) in [6.07, 6.45) is 1.82. The van der Waals surface area contributed by atoms with E-state index in [0.717, 1.165) is 11.4 Å². The molecule has 0 unspecified atom stereocenters. The predicted octanol–water partition coefficient (Wildman–Crippen LogP) is 3.47. The van der Waals surface area contributed by atoms with Gasteiger partial charge in [0, 0.05) is 18.9 Å². The Morgan fingerprint density at radius 1 is 0.938 bits per heavy atom. The van der Waals surface area contributed by atoms with Gasteiger partial charge < -0.3 is 4.90 Å². The minimum atomic E-state index is 1.05. The topological polar surface area (TPSA) is 16.1 Å². The van der Waals surface area contributed by atoms with Crippen LogP contribution in [0.25, 0.3) is 0 Å². The molecule has 0 aliphatic heterocycles. The Morgan fingerprint density at radius 3 is 2.31 bits per heavy atom. The first-order valence-corrected chi connectivity index (χ1v) is 5.41. The lowest BCUT2D eigenvalue weighted by Gasteiger charge is -2.22. The predicted molar refractivity (Wildman–Crippen MR) is 68.2 cm³/mol. The van der Waals surface area contributed by atoms with E-state index in [1.807, 2.05) is 19.2 Å². The van der Waals surface area contributed by atoms with Gasteiger partial charge in [0.2, 0.25) is 0 Å². The quantitative estimate of drug-likeness (QED) is 0.757. The standard InChI is InChI=1S/C14H16N2/c1-11-7-4-5-8-13(11)16(3)14-9-6-10-15-12(14)2/h4-10H,1-3H3. The molecule has 0 saturated carbocycles. The summed E-state index contributed by atoms with van der Waals surface area (Å²) >= 11 is 0. The summed E-state index contributed by atoms with van der Waals surface area (Å²) < 4.78 is 0. The number of rotatable bonds is 2. The van der Waals surface area contributed by atoms with Crippen molar-refractivity contribution in [3.05, 3.63) is 53.9 Å². The van der Waals surface area contributed by atoms with Crippen LogP contribution in [0.2, 0.25) is 0 Å². The van der Waals surface area contributed by atoms with E-state index in [4.69, 9.17) is 0 Å². The van der Waals surface area contributed by atoms with Crippen LogP contribution in [0.15, 0.2) is 42.6 Å². The lowest BCUT2D eigenvalue weighted by Crippen LogP contribution is -2.12. The number of hydrogen-bond acceptors (Lipinski definition) is 2. The van der Waals surface area contributed by atoms with E-state index in [0.29, 0.717) is 0 Å². The van der Waals surface area contributed by atoms with Gasteiger partial charge >= 0.3 is 0 Å². The minimum absolute atomic E-state index is 1.05. The average Bonchev–Trinajstić information content (AvgIpc) is 2.29. The van der Waals surface area contributed by atoms with Crippen molar-refractivity contribution in [1.29, 1.82) is 0 Å². The molecule has 0 aliphatic carbocycles. The summed E-state index contributed by atoms with van der Waals surface area (Å²) in [4.78, 5) is 6.49. The number of para-hydroxylation sites is 1. The van der Waals surface area contributed by atoms with Gasteiger partial charge in [-0.25, -0.2) is 0 Å². The highest BCUT2D eigenvalue weighted by Gasteiger charge is 2.08. The zero-order valence-corrected chi connectivity index (χ0v) is 9.94. The van der Waals surface area contributed by atoms with E-state index in [-0.39, 0.29) is 0 Å². The van der Waals surface area contributed by atoms with Gasteiger partial charge in [-0.15, -0.1) is 0 Å². The molecule has 0 saturated heterocycles. The van der Waals surface area contributed by atoms with Crippen LogP contribution in [-0.2, 0) is 0 Å². The normalized spacial score (nSPS) is 10.2. The molecule has 2 nitrogen and oxygen atoms in total. The number of aryl methyl sites for hydroxylation is 2. The van der Waals surface area contributed by atoms with Crippen molar-refractivity contribution in [1.82, 2.24) is 4.98 Å². The number of pyridine rings is 1. The molecule has 2 aromatic rings. The molecule has 16 heavy (non-hydrogen) atoms. The van der Waals surface area contributed by atoms with Crippen LogP contribution < -0.4 is 4.90 Å². The number of hydrogen-bond donors (Lipinski definition) is 0. The molecule has 0 fully saturated rings. The van der Waals surface area contributed by atoms with Gasteiger partial charge in [-0.3, -0.25) is 4.98 Å². The molecule has 1 heterocycles. The van der Waals surface area contributed by atoms with Crippen molar-refractivity contribution in [3.8, 4) is 0 Å². The molecule has 0 aliphatic rings. The van der Waals surface area contributed by atoms with Crippen LogP contribution in [0.3, 0.4) is 0 Å². The summed E-state index contributed by atoms with van der Waals surface area (Å²) in [6, 6.07) is 12.4. The molecule has 1 aromatic heterocycles. The number of benzene rings is 1. The first-order valence-electron chi connectivity index (χ1n) is 5.41. The van der Waals surface area contributed by atoms with E-state index in [2.05, 4.69) is 54.2 Å². The highest BCUT2D eigenvalue weighted by atomic mass is 15.1. The summed E-state index contributed by atoms with van der Waals surface area (Å²) in [7, 11) is 2.08. The summed E-state index contributed by atoms with van der Waals surface area (Å²) in [6.45, 7) is 4.15.